The van der Waals surface area contributed by atoms with E-state index in [0.717, 1.165) is 38.4 Å². The Morgan fingerprint density at radius 1 is 1.16 bits per heavy atom. The van der Waals surface area contributed by atoms with Gasteiger partial charge < -0.3 is 9.64 Å². The number of hydrogen-bond acceptors (Lipinski definition) is 6. The molecule has 0 saturated carbocycles. The van der Waals surface area contributed by atoms with Crippen LogP contribution in [0.2, 0.25) is 0 Å². The molecule has 0 bridgehead atoms. The van der Waals surface area contributed by atoms with Crippen molar-refractivity contribution in [1.29, 1.82) is 0 Å². The molecule has 3 aromatic rings. The van der Waals surface area contributed by atoms with Crippen LogP contribution in [0.25, 0.3) is 5.82 Å². The van der Waals surface area contributed by atoms with E-state index >= 15 is 0 Å². The highest BCUT2D eigenvalue weighted by Crippen LogP contribution is 2.26. The van der Waals surface area contributed by atoms with Crippen molar-refractivity contribution in [3.8, 4) is 11.6 Å². The van der Waals surface area contributed by atoms with Gasteiger partial charge in [0.1, 0.15) is 5.75 Å². The minimum atomic E-state index is -0.282. The van der Waals surface area contributed by atoms with E-state index in [1.54, 1.807) is 16.9 Å². The van der Waals surface area contributed by atoms with E-state index in [4.69, 9.17) is 4.74 Å². The molecule has 0 unspecified atom stereocenters. The molecule has 1 fully saturated rings. The minimum absolute atomic E-state index is 0.0255. The zero-order valence-electron chi connectivity index (χ0n) is 17.4. The van der Waals surface area contributed by atoms with E-state index in [0.29, 0.717) is 30.2 Å². The molecule has 2 aliphatic heterocycles. The first-order valence-electron chi connectivity index (χ1n) is 10.5. The first-order valence-corrected chi connectivity index (χ1v) is 10.5. The number of aromatic nitrogens is 4. The van der Waals surface area contributed by atoms with Crippen LogP contribution >= 0.6 is 0 Å². The monoisotopic (exact) mass is 420 g/mol. The lowest BCUT2D eigenvalue weighted by molar-refractivity contribution is 0.0627. The number of carbonyl (C=O) groups is 1. The van der Waals surface area contributed by atoms with Crippen LogP contribution in [0.3, 0.4) is 0 Å². The zero-order valence-corrected chi connectivity index (χ0v) is 17.4. The van der Waals surface area contributed by atoms with Crippen molar-refractivity contribution in [3.05, 3.63) is 69.3 Å². The first kappa shape index (κ1) is 19.5. The second-order valence-corrected chi connectivity index (χ2v) is 7.94. The second-order valence-electron chi connectivity index (χ2n) is 7.94. The van der Waals surface area contributed by atoms with Crippen molar-refractivity contribution in [2.75, 3.05) is 32.8 Å². The number of nitrogens with one attached hydrogen (secondary N) is 1. The summed E-state index contributed by atoms with van der Waals surface area (Å²) in [5.74, 6) is 1.45. The quantitative estimate of drug-likeness (QED) is 0.680. The molecule has 31 heavy (non-hydrogen) atoms. The summed E-state index contributed by atoms with van der Waals surface area (Å²) in [5.41, 5.74) is 3.55. The fraction of sp³-hybridized carbons (Fsp3) is 0.364. The van der Waals surface area contributed by atoms with E-state index < -0.39 is 0 Å². The molecule has 9 nitrogen and oxygen atoms in total. The number of ether oxygens (including phenoxy) is 1. The highest BCUT2D eigenvalue weighted by Gasteiger charge is 2.25. The van der Waals surface area contributed by atoms with Crippen LogP contribution in [-0.4, -0.2) is 68.5 Å². The average Bonchev–Trinajstić information content (AvgIpc) is 3.40. The Morgan fingerprint density at radius 3 is 2.77 bits per heavy atom. The molecule has 1 amide bonds. The molecular formula is C22H24N6O3. The number of amides is 1. The Morgan fingerprint density at radius 2 is 2.00 bits per heavy atom. The third-order valence-electron chi connectivity index (χ3n) is 5.94. The maximum atomic E-state index is 13.1. The number of piperazine rings is 1. The third kappa shape index (κ3) is 3.84. The van der Waals surface area contributed by atoms with Crippen molar-refractivity contribution < 1.29 is 9.53 Å². The normalized spacial score (nSPS) is 16.2. The number of hydrogen-bond donors (Lipinski definition) is 1. The van der Waals surface area contributed by atoms with Crippen molar-refractivity contribution in [1.82, 2.24) is 29.8 Å². The van der Waals surface area contributed by atoms with Gasteiger partial charge in [-0.2, -0.15) is 10.2 Å². The molecule has 2 aromatic heterocycles. The number of rotatable bonds is 4. The van der Waals surface area contributed by atoms with Gasteiger partial charge in [0, 0.05) is 45.2 Å². The molecule has 160 valence electrons. The maximum absolute atomic E-state index is 13.1. The van der Waals surface area contributed by atoms with E-state index in [1.165, 1.54) is 17.2 Å². The molecular weight excluding hydrogens is 396 g/mol. The van der Waals surface area contributed by atoms with Gasteiger partial charge in [-0.1, -0.05) is 12.1 Å². The third-order valence-corrected chi connectivity index (χ3v) is 5.94. The molecule has 9 heteroatoms. The van der Waals surface area contributed by atoms with E-state index in [1.807, 2.05) is 11.8 Å². The predicted molar refractivity (Wildman–Crippen MR) is 114 cm³/mol. The summed E-state index contributed by atoms with van der Waals surface area (Å²) >= 11 is 0. The molecule has 0 atom stereocenters. The van der Waals surface area contributed by atoms with Gasteiger partial charge in [-0.25, -0.2) is 9.78 Å². The largest absolute Gasteiger partial charge is 0.493 e. The van der Waals surface area contributed by atoms with Gasteiger partial charge in [-0.05, 0) is 30.2 Å². The molecule has 0 radical (unpaired) electrons. The van der Waals surface area contributed by atoms with Crippen LogP contribution in [0.1, 0.15) is 27.2 Å². The van der Waals surface area contributed by atoms with Crippen molar-refractivity contribution in [3.63, 3.8) is 0 Å². The van der Waals surface area contributed by atoms with Gasteiger partial charge in [0.05, 0.1) is 24.1 Å². The average molecular weight is 420 g/mol. The smallest absolute Gasteiger partial charge is 0.264 e. The van der Waals surface area contributed by atoms with E-state index in [9.17, 15) is 9.59 Å². The fourth-order valence-corrected chi connectivity index (χ4v) is 4.18. The summed E-state index contributed by atoms with van der Waals surface area (Å²) < 4.78 is 7.15. The maximum Gasteiger partial charge on any atom is 0.264 e. The number of aromatic amines is 1. The lowest BCUT2D eigenvalue weighted by Gasteiger charge is -2.34. The van der Waals surface area contributed by atoms with E-state index in [-0.39, 0.29) is 11.5 Å². The standard InChI is InChI=1S/C22H24N6O3/c1-15-18(13-23-28(15)20-4-5-21(29)25-24-20)22(30)27-9-7-26(8-10-27)14-16-2-3-19-17(12-16)6-11-31-19/h2-5,12-13H,6-11,14H2,1H3,(H,25,29). The summed E-state index contributed by atoms with van der Waals surface area (Å²) in [6.45, 7) is 6.49. The number of H-pyrrole nitrogens is 1. The molecule has 0 spiro atoms. The summed E-state index contributed by atoms with van der Waals surface area (Å²) in [4.78, 5) is 28.6. The topological polar surface area (TPSA) is 96.4 Å². The van der Waals surface area contributed by atoms with Crippen LogP contribution in [-0.2, 0) is 13.0 Å². The molecule has 0 aliphatic carbocycles. The molecule has 1 saturated heterocycles. The highest BCUT2D eigenvalue weighted by molar-refractivity contribution is 5.95. The Labute approximate surface area is 179 Å². The number of carbonyl (C=O) groups excluding carboxylic acids is 1. The highest BCUT2D eigenvalue weighted by atomic mass is 16.5. The number of nitrogens with zero attached hydrogens (tertiary/aromatic N) is 5. The zero-order chi connectivity index (χ0) is 21.4. The van der Waals surface area contributed by atoms with Gasteiger partial charge in [-0.3, -0.25) is 14.5 Å². The Bertz CT molecular complexity index is 1160. The SMILES string of the molecule is Cc1c(C(=O)N2CCN(Cc3ccc4c(c3)CCO4)CC2)cnn1-c1ccc(=O)[nH]n1. The number of fused-ring (bicyclic) bond motifs is 1. The second kappa shape index (κ2) is 7.99. The van der Waals surface area contributed by atoms with Gasteiger partial charge in [0.25, 0.3) is 11.5 Å². The first-order chi connectivity index (χ1) is 15.1. The predicted octanol–water partition coefficient (Wildman–Crippen LogP) is 1.16. The van der Waals surface area contributed by atoms with Gasteiger partial charge in [0.15, 0.2) is 5.82 Å². The Hall–Kier alpha value is -3.46. The minimum Gasteiger partial charge on any atom is -0.493 e. The van der Waals surface area contributed by atoms with Gasteiger partial charge in [0.2, 0.25) is 0 Å². The summed E-state index contributed by atoms with van der Waals surface area (Å²) in [5, 5.41) is 10.7. The van der Waals surface area contributed by atoms with Crippen LogP contribution in [0.5, 0.6) is 5.75 Å². The number of benzene rings is 1. The Balaban J connectivity index is 1.22. The molecule has 4 heterocycles. The molecule has 5 rings (SSSR count). The fourth-order valence-electron chi connectivity index (χ4n) is 4.18. The van der Waals surface area contributed by atoms with Gasteiger partial charge in [-0.15, -0.1) is 0 Å². The summed E-state index contributed by atoms with van der Waals surface area (Å²) in [7, 11) is 0. The lowest BCUT2D eigenvalue weighted by Crippen LogP contribution is -2.48. The summed E-state index contributed by atoms with van der Waals surface area (Å²) in [6, 6.07) is 9.40. The van der Waals surface area contributed by atoms with Crippen LogP contribution in [0.4, 0.5) is 0 Å². The van der Waals surface area contributed by atoms with E-state index in [2.05, 4.69) is 38.4 Å². The van der Waals surface area contributed by atoms with Gasteiger partial charge >= 0.3 is 0 Å². The van der Waals surface area contributed by atoms with Crippen LogP contribution in [0.15, 0.2) is 41.3 Å². The lowest BCUT2D eigenvalue weighted by atomic mass is 10.1. The summed E-state index contributed by atoms with van der Waals surface area (Å²) in [6.07, 6.45) is 2.55. The van der Waals surface area contributed by atoms with Crippen molar-refractivity contribution >= 4 is 5.91 Å². The molecule has 2 aliphatic rings. The molecule has 1 N–H and O–H groups in total. The van der Waals surface area contributed by atoms with Crippen LogP contribution < -0.4 is 10.3 Å². The van der Waals surface area contributed by atoms with Crippen LogP contribution in [0, 0.1) is 6.92 Å². The van der Waals surface area contributed by atoms with Crippen molar-refractivity contribution in [2.24, 2.45) is 0 Å². The van der Waals surface area contributed by atoms with Crippen molar-refractivity contribution in [2.45, 2.75) is 19.9 Å². The molecule has 1 aromatic carbocycles. The Kier molecular flexibility index (Phi) is 5.03.